The second kappa shape index (κ2) is 7.74. The van der Waals surface area contributed by atoms with Crippen molar-refractivity contribution in [3.05, 3.63) is 18.0 Å². The van der Waals surface area contributed by atoms with Gasteiger partial charge < -0.3 is 14.9 Å². The molecule has 2 atom stereocenters. The number of piperidine rings is 2. The molecule has 1 amide bonds. The van der Waals surface area contributed by atoms with Gasteiger partial charge in [-0.05, 0) is 44.1 Å². The van der Waals surface area contributed by atoms with Crippen LogP contribution in [0.5, 0.6) is 0 Å². The average Bonchev–Trinajstić information content (AvgIpc) is 3.25. The molecule has 148 valence electrons. The van der Waals surface area contributed by atoms with E-state index < -0.39 is 0 Å². The standard InChI is InChI=1S/C21H32N4O2/c1-2-16-12-22-20(23-13-16)25-11-8-18(26)21(15-25)9-5-10-24(14-21)19(27)17-6-3-4-7-17/h12-13,17-18,26H,2-11,14-15H2,1H3/t18?,21-/m0/s1. The minimum absolute atomic E-state index is 0.210. The number of hydrogen-bond donors (Lipinski definition) is 1. The topological polar surface area (TPSA) is 69.6 Å². The summed E-state index contributed by atoms with van der Waals surface area (Å²) in [5, 5.41) is 10.9. The van der Waals surface area contributed by atoms with Crippen molar-refractivity contribution in [3.8, 4) is 0 Å². The number of aliphatic hydroxyl groups excluding tert-OH is 1. The minimum Gasteiger partial charge on any atom is -0.392 e. The highest BCUT2D eigenvalue weighted by Crippen LogP contribution is 2.40. The molecule has 1 spiro atoms. The van der Waals surface area contributed by atoms with Crippen molar-refractivity contribution in [1.29, 1.82) is 0 Å². The van der Waals surface area contributed by atoms with Crippen LogP contribution in [-0.4, -0.2) is 58.2 Å². The number of amides is 1. The fourth-order valence-electron chi connectivity index (χ4n) is 5.19. The molecular formula is C21H32N4O2. The number of carbonyl (C=O) groups excluding carboxylic acids is 1. The molecule has 1 aromatic rings. The van der Waals surface area contributed by atoms with E-state index in [0.29, 0.717) is 18.9 Å². The normalized spacial score (nSPS) is 29.5. The van der Waals surface area contributed by atoms with E-state index in [4.69, 9.17) is 0 Å². The molecule has 6 nitrogen and oxygen atoms in total. The molecule has 0 bridgehead atoms. The summed E-state index contributed by atoms with van der Waals surface area (Å²) in [5.74, 6) is 1.28. The molecule has 27 heavy (non-hydrogen) atoms. The number of aryl methyl sites for hydroxylation is 1. The van der Waals surface area contributed by atoms with E-state index in [1.54, 1.807) is 0 Å². The zero-order valence-corrected chi connectivity index (χ0v) is 16.4. The SMILES string of the molecule is CCc1cnc(N2CCC(O)[C@]3(CCCN(C(=O)C4CCCC4)C3)C2)nc1. The molecule has 1 N–H and O–H groups in total. The highest BCUT2D eigenvalue weighted by atomic mass is 16.3. The summed E-state index contributed by atoms with van der Waals surface area (Å²) < 4.78 is 0. The van der Waals surface area contributed by atoms with Crippen molar-refractivity contribution in [2.45, 2.75) is 64.4 Å². The van der Waals surface area contributed by atoms with Crippen molar-refractivity contribution in [3.63, 3.8) is 0 Å². The van der Waals surface area contributed by atoms with Crippen molar-refractivity contribution < 1.29 is 9.90 Å². The van der Waals surface area contributed by atoms with Gasteiger partial charge >= 0.3 is 0 Å². The number of rotatable bonds is 3. The Morgan fingerprint density at radius 1 is 1.15 bits per heavy atom. The molecule has 3 aliphatic rings. The van der Waals surface area contributed by atoms with Crippen LogP contribution in [-0.2, 0) is 11.2 Å². The predicted molar refractivity (Wildman–Crippen MR) is 104 cm³/mol. The summed E-state index contributed by atoms with van der Waals surface area (Å²) in [5.41, 5.74) is 0.883. The van der Waals surface area contributed by atoms with E-state index in [1.165, 1.54) is 12.8 Å². The first kappa shape index (κ1) is 18.7. The number of likely N-dealkylation sites (tertiary alicyclic amines) is 1. The lowest BCUT2D eigenvalue weighted by Crippen LogP contribution is -2.60. The first-order valence-corrected chi connectivity index (χ1v) is 10.6. The van der Waals surface area contributed by atoms with Gasteiger partial charge in [0, 0.05) is 49.9 Å². The minimum atomic E-state index is -0.358. The van der Waals surface area contributed by atoms with Gasteiger partial charge in [-0.15, -0.1) is 0 Å². The van der Waals surface area contributed by atoms with E-state index in [0.717, 1.165) is 63.3 Å². The molecule has 1 unspecified atom stereocenters. The maximum absolute atomic E-state index is 13.0. The Labute approximate surface area is 162 Å². The molecule has 1 saturated carbocycles. The summed E-state index contributed by atoms with van der Waals surface area (Å²) in [4.78, 5) is 26.3. The first-order chi connectivity index (χ1) is 13.1. The van der Waals surface area contributed by atoms with Gasteiger partial charge in [0.25, 0.3) is 0 Å². The number of hydrogen-bond acceptors (Lipinski definition) is 5. The van der Waals surface area contributed by atoms with E-state index in [1.807, 2.05) is 17.3 Å². The van der Waals surface area contributed by atoms with Crippen LogP contribution >= 0.6 is 0 Å². The Hall–Kier alpha value is -1.69. The predicted octanol–water partition coefficient (Wildman–Crippen LogP) is 2.41. The Bertz CT molecular complexity index is 659. The highest BCUT2D eigenvalue weighted by Gasteiger charge is 2.47. The van der Waals surface area contributed by atoms with Crippen LogP contribution in [0, 0.1) is 11.3 Å². The van der Waals surface area contributed by atoms with Gasteiger partial charge in [0.05, 0.1) is 6.10 Å². The van der Waals surface area contributed by atoms with Gasteiger partial charge in [0.2, 0.25) is 11.9 Å². The zero-order chi connectivity index (χ0) is 18.9. The monoisotopic (exact) mass is 372 g/mol. The fourth-order valence-corrected chi connectivity index (χ4v) is 5.19. The van der Waals surface area contributed by atoms with Gasteiger partial charge in [0.15, 0.2) is 0 Å². The van der Waals surface area contributed by atoms with Crippen molar-refractivity contribution in [2.24, 2.45) is 11.3 Å². The van der Waals surface area contributed by atoms with Gasteiger partial charge in [-0.25, -0.2) is 9.97 Å². The van der Waals surface area contributed by atoms with E-state index in [9.17, 15) is 9.90 Å². The molecular weight excluding hydrogens is 340 g/mol. The molecule has 0 aromatic carbocycles. The van der Waals surface area contributed by atoms with Crippen molar-refractivity contribution in [2.75, 3.05) is 31.1 Å². The number of carbonyl (C=O) groups is 1. The second-order valence-electron chi connectivity index (χ2n) is 8.68. The van der Waals surface area contributed by atoms with Crippen molar-refractivity contribution >= 4 is 11.9 Å². The molecule has 2 aliphatic heterocycles. The van der Waals surface area contributed by atoms with E-state index in [2.05, 4.69) is 21.8 Å². The maximum Gasteiger partial charge on any atom is 0.225 e. The summed E-state index contributed by atoms with van der Waals surface area (Å²) in [7, 11) is 0. The molecule has 1 aliphatic carbocycles. The highest BCUT2D eigenvalue weighted by molar-refractivity contribution is 5.79. The van der Waals surface area contributed by atoms with Crippen LogP contribution in [0.15, 0.2) is 12.4 Å². The molecule has 6 heteroatoms. The van der Waals surface area contributed by atoms with Crippen LogP contribution in [0.1, 0.15) is 57.4 Å². The molecule has 3 heterocycles. The second-order valence-corrected chi connectivity index (χ2v) is 8.68. The lowest BCUT2D eigenvalue weighted by atomic mass is 9.71. The largest absolute Gasteiger partial charge is 0.392 e. The molecule has 1 aromatic heterocycles. The Balaban J connectivity index is 1.49. The molecule has 2 saturated heterocycles. The van der Waals surface area contributed by atoms with E-state index >= 15 is 0 Å². The zero-order valence-electron chi connectivity index (χ0n) is 16.4. The number of aliphatic hydroxyl groups is 1. The fraction of sp³-hybridized carbons (Fsp3) is 0.762. The summed E-state index contributed by atoms with van der Waals surface area (Å²) >= 11 is 0. The lowest BCUT2D eigenvalue weighted by molar-refractivity contribution is -0.142. The Kier molecular flexibility index (Phi) is 5.35. The number of anilines is 1. The average molecular weight is 373 g/mol. The molecule has 4 rings (SSSR count). The van der Waals surface area contributed by atoms with Crippen LogP contribution in [0.25, 0.3) is 0 Å². The Morgan fingerprint density at radius 2 is 1.89 bits per heavy atom. The third kappa shape index (κ3) is 3.68. The first-order valence-electron chi connectivity index (χ1n) is 10.6. The van der Waals surface area contributed by atoms with Gasteiger partial charge in [-0.1, -0.05) is 19.8 Å². The smallest absolute Gasteiger partial charge is 0.225 e. The van der Waals surface area contributed by atoms with Crippen LogP contribution in [0.4, 0.5) is 5.95 Å². The quantitative estimate of drug-likeness (QED) is 0.882. The van der Waals surface area contributed by atoms with Gasteiger partial charge in [-0.2, -0.15) is 0 Å². The molecule has 0 radical (unpaired) electrons. The summed E-state index contributed by atoms with van der Waals surface area (Å²) in [6, 6.07) is 0. The van der Waals surface area contributed by atoms with Crippen molar-refractivity contribution in [1.82, 2.24) is 14.9 Å². The van der Waals surface area contributed by atoms with Gasteiger partial charge in [0.1, 0.15) is 0 Å². The summed E-state index contributed by atoms with van der Waals surface area (Å²) in [6.45, 7) is 5.11. The van der Waals surface area contributed by atoms with Crippen LogP contribution in [0.3, 0.4) is 0 Å². The third-order valence-electron chi connectivity index (χ3n) is 6.89. The lowest BCUT2D eigenvalue weighted by Gasteiger charge is -2.51. The number of nitrogens with zero attached hydrogens (tertiary/aromatic N) is 4. The van der Waals surface area contributed by atoms with Gasteiger partial charge in [-0.3, -0.25) is 4.79 Å². The third-order valence-corrected chi connectivity index (χ3v) is 6.89. The summed E-state index contributed by atoms with van der Waals surface area (Å²) in [6.07, 6.45) is 11.4. The molecule has 3 fully saturated rings. The van der Waals surface area contributed by atoms with Crippen LogP contribution in [0.2, 0.25) is 0 Å². The van der Waals surface area contributed by atoms with Crippen LogP contribution < -0.4 is 4.90 Å². The maximum atomic E-state index is 13.0. The van der Waals surface area contributed by atoms with E-state index in [-0.39, 0.29) is 17.4 Å². The number of aromatic nitrogens is 2. The Morgan fingerprint density at radius 3 is 2.59 bits per heavy atom.